The van der Waals surface area contributed by atoms with E-state index < -0.39 is 84.7 Å². The maximum Gasteiger partial charge on any atom is 0.319 e. The number of phenols is 1. The number of rotatable bonds is 5. The van der Waals surface area contributed by atoms with Gasteiger partial charge in [-0.3, -0.25) is 28.3 Å². The van der Waals surface area contributed by atoms with Gasteiger partial charge in [0.2, 0.25) is 10.9 Å². The monoisotopic (exact) mass is 698 g/mol. The Hall–Kier alpha value is -4.99. The van der Waals surface area contributed by atoms with Gasteiger partial charge in [0.25, 0.3) is 26.7 Å². The molecule has 0 unspecified atom stereocenters. The van der Waals surface area contributed by atoms with E-state index in [-0.39, 0.29) is 42.9 Å². The molecule has 0 saturated carbocycles. The quantitative estimate of drug-likeness (QED) is 0.0491. The molecule has 6 N–H and O–H groups in total. The second-order valence-corrected chi connectivity index (χ2v) is 13.9. The van der Waals surface area contributed by atoms with Gasteiger partial charge in [-0.1, -0.05) is 5.04 Å². The number of H-pyrrole nitrogens is 2. The zero-order valence-electron chi connectivity index (χ0n) is 22.7. The van der Waals surface area contributed by atoms with Crippen molar-refractivity contribution < 1.29 is 55.6 Å². The number of aromatic nitrogens is 2. The minimum atomic E-state index is -5.17. The molecule has 0 aliphatic carbocycles. The molecule has 0 radical (unpaired) electrons. The predicted octanol–water partition coefficient (Wildman–Crippen LogP) is 1.18. The van der Waals surface area contributed by atoms with E-state index >= 15 is 0 Å². The van der Waals surface area contributed by atoms with Crippen molar-refractivity contribution >= 4 is 97.4 Å². The molecule has 0 atom stereocenters. The molecule has 7 aromatic rings. The van der Waals surface area contributed by atoms with Crippen molar-refractivity contribution in [3.63, 3.8) is 0 Å². The lowest BCUT2D eigenvalue weighted by Crippen LogP contribution is -2.26. The first kappa shape index (κ1) is 30.7. The molecular formula is C28H14N2O14S3+2. The minimum absolute atomic E-state index is 0.133. The normalized spacial score (nSPS) is 12.7. The second-order valence-electron chi connectivity index (χ2n) is 10.3. The summed E-state index contributed by atoms with van der Waals surface area (Å²) in [5.74, 6) is -0.656. The van der Waals surface area contributed by atoms with Crippen LogP contribution in [0.4, 0.5) is 0 Å². The number of hydrogen-bond acceptors (Lipinski definition) is 13. The Morgan fingerprint density at radius 3 is 1.74 bits per heavy atom. The van der Waals surface area contributed by atoms with Gasteiger partial charge in [0.05, 0.1) is 16.9 Å². The van der Waals surface area contributed by atoms with Crippen LogP contribution in [0, 0.1) is 0 Å². The number of benzene rings is 6. The van der Waals surface area contributed by atoms with Gasteiger partial charge in [-0.25, -0.2) is 5.26 Å². The van der Waals surface area contributed by atoms with Crippen LogP contribution in [0.3, 0.4) is 0 Å². The van der Waals surface area contributed by atoms with Crippen LogP contribution in [0.1, 0.15) is 0 Å². The molecule has 7 rings (SSSR count). The number of nitrogens with one attached hydrogen (secondary N) is 2. The fourth-order valence-electron chi connectivity index (χ4n) is 5.76. The molecule has 0 bridgehead atoms. The van der Waals surface area contributed by atoms with Gasteiger partial charge < -0.3 is 5.11 Å². The minimum Gasteiger partial charge on any atom is -0.502 e. The van der Waals surface area contributed by atoms with E-state index in [0.29, 0.717) is 12.0 Å². The summed E-state index contributed by atoms with van der Waals surface area (Å²) in [6.45, 7) is 0. The number of phenolic OH excluding ortho intramolecular Hbond substituents is 1. The molecule has 0 aliphatic rings. The van der Waals surface area contributed by atoms with Crippen molar-refractivity contribution in [3.05, 3.63) is 89.4 Å². The first-order valence-corrected chi connectivity index (χ1v) is 16.5. The third-order valence-electron chi connectivity index (χ3n) is 7.74. The molecule has 6 aromatic carbocycles. The Kier molecular flexibility index (Phi) is 6.69. The van der Waals surface area contributed by atoms with Gasteiger partial charge in [-0.2, -0.15) is 26.8 Å². The fourth-order valence-corrected chi connectivity index (χ4v) is 7.34. The SMILES string of the molecule is O=c1c2ccc(S(=O)(=O)O)cc2c(=O)c2c1cc(O)c1[nH+]c3c([nH+]c12)c(S(=O)(=O)O)cc1c(=O)c2ccc(SOOO)cc2c(=O)c13. The van der Waals surface area contributed by atoms with E-state index in [1.165, 1.54) is 18.2 Å². The zero-order chi connectivity index (χ0) is 33.7. The molecule has 0 amide bonds. The topological polar surface area (TPSA) is 264 Å². The third kappa shape index (κ3) is 4.56. The van der Waals surface area contributed by atoms with E-state index in [1.807, 2.05) is 0 Å². The van der Waals surface area contributed by atoms with Crippen molar-refractivity contribution in [2.75, 3.05) is 0 Å². The molecular weight excluding hydrogens is 685 g/mol. The Labute approximate surface area is 262 Å². The van der Waals surface area contributed by atoms with E-state index in [4.69, 9.17) is 5.26 Å². The molecule has 47 heavy (non-hydrogen) atoms. The maximum absolute atomic E-state index is 13.9. The Morgan fingerprint density at radius 1 is 0.596 bits per heavy atom. The lowest BCUT2D eigenvalue weighted by atomic mass is 9.99. The Balaban J connectivity index is 1.72. The summed E-state index contributed by atoms with van der Waals surface area (Å²) in [6.07, 6.45) is 0. The highest BCUT2D eigenvalue weighted by molar-refractivity contribution is 7.94. The summed E-state index contributed by atoms with van der Waals surface area (Å²) in [6, 6.07) is 8.24. The summed E-state index contributed by atoms with van der Waals surface area (Å²) < 4.78 is 72.9. The second kappa shape index (κ2) is 10.3. The van der Waals surface area contributed by atoms with Crippen LogP contribution < -0.4 is 31.7 Å². The van der Waals surface area contributed by atoms with Crippen molar-refractivity contribution in [2.45, 2.75) is 14.7 Å². The number of fused-ring (bicyclic) bond motifs is 8. The van der Waals surface area contributed by atoms with Gasteiger partial charge in [0, 0.05) is 37.2 Å². The van der Waals surface area contributed by atoms with Crippen LogP contribution in [0.15, 0.2) is 82.4 Å². The standard InChI is InChI=1S/C28H12N2O14S3/c31-17-7-15-19(28(35)14-6-10(46(37,38)39)2-4-12(14)25(15)32)23-21(17)29-24-20-16(8-18(22(24)30-23)47(40,41)42)26(33)11-3-1-9(45-44-43-36)5-13(11)27(20)34/h1-8,31,36H,(H,37,38,39)(H,40,41,42)/p+2. The number of hydrogen-bond donors (Lipinski definition) is 4. The molecule has 0 spiro atoms. The summed E-state index contributed by atoms with van der Waals surface area (Å²) in [7, 11) is -9.97. The van der Waals surface area contributed by atoms with Gasteiger partial charge in [0.15, 0.2) is 21.5 Å². The highest BCUT2D eigenvalue weighted by Crippen LogP contribution is 2.31. The summed E-state index contributed by atoms with van der Waals surface area (Å²) >= 11 is 0.500. The molecule has 0 saturated heterocycles. The number of aromatic hydroxyl groups is 1. The van der Waals surface area contributed by atoms with Crippen molar-refractivity contribution in [1.82, 2.24) is 0 Å². The lowest BCUT2D eigenvalue weighted by Gasteiger charge is -2.06. The highest BCUT2D eigenvalue weighted by Gasteiger charge is 2.33. The van der Waals surface area contributed by atoms with Gasteiger partial charge in [-0.15, -0.1) is 4.33 Å². The highest BCUT2D eigenvalue weighted by atomic mass is 32.2. The lowest BCUT2D eigenvalue weighted by molar-refractivity contribution is -0.432. The third-order valence-corrected chi connectivity index (χ3v) is 10.0. The molecule has 1 heterocycles. The fraction of sp³-hybridized carbons (Fsp3) is 0. The van der Waals surface area contributed by atoms with E-state index in [0.717, 1.165) is 30.3 Å². The Morgan fingerprint density at radius 2 is 1.15 bits per heavy atom. The summed E-state index contributed by atoms with van der Waals surface area (Å²) in [4.78, 5) is 58.6. The van der Waals surface area contributed by atoms with Crippen molar-refractivity contribution in [2.24, 2.45) is 0 Å². The maximum atomic E-state index is 13.9. The van der Waals surface area contributed by atoms with E-state index in [1.54, 1.807) is 0 Å². The first-order valence-electron chi connectivity index (χ1n) is 12.8. The van der Waals surface area contributed by atoms with Crippen LogP contribution >= 0.6 is 12.0 Å². The molecule has 1 aromatic heterocycles. The molecule has 0 aliphatic heterocycles. The molecule has 0 fully saturated rings. The number of aromatic amines is 2. The molecule has 19 heteroatoms. The van der Waals surface area contributed by atoms with Crippen LogP contribution in [0.5, 0.6) is 5.75 Å². The van der Waals surface area contributed by atoms with E-state index in [2.05, 4.69) is 19.3 Å². The van der Waals surface area contributed by atoms with Crippen LogP contribution in [-0.2, 0) is 29.6 Å². The summed E-state index contributed by atoms with van der Waals surface area (Å²) in [5.41, 5.74) is -5.06. The largest absolute Gasteiger partial charge is 0.502 e. The molecule has 16 nitrogen and oxygen atoms in total. The van der Waals surface area contributed by atoms with Crippen LogP contribution in [0.25, 0.3) is 65.2 Å². The Bertz CT molecular complexity index is 3050. The van der Waals surface area contributed by atoms with Crippen LogP contribution in [0.2, 0.25) is 0 Å². The molecule has 236 valence electrons. The van der Waals surface area contributed by atoms with Crippen LogP contribution in [-0.4, -0.2) is 36.3 Å². The predicted molar refractivity (Wildman–Crippen MR) is 164 cm³/mol. The van der Waals surface area contributed by atoms with E-state index in [9.17, 15) is 50.2 Å². The van der Waals surface area contributed by atoms with Crippen molar-refractivity contribution in [3.8, 4) is 5.75 Å². The average Bonchev–Trinajstić information content (AvgIpc) is 3.02. The first-order chi connectivity index (χ1) is 22.1. The zero-order valence-corrected chi connectivity index (χ0v) is 25.2. The summed E-state index contributed by atoms with van der Waals surface area (Å²) in [5, 5.41) is 20.5. The smallest absolute Gasteiger partial charge is 0.319 e. The van der Waals surface area contributed by atoms with Gasteiger partial charge in [-0.05, 0) is 48.5 Å². The van der Waals surface area contributed by atoms with Crippen molar-refractivity contribution in [1.29, 1.82) is 0 Å². The van der Waals surface area contributed by atoms with Gasteiger partial charge in [0.1, 0.15) is 10.8 Å². The van der Waals surface area contributed by atoms with Gasteiger partial charge >= 0.3 is 15.6 Å². The average molecular weight is 699 g/mol.